The molecule has 1 aliphatic rings. The van der Waals surface area contributed by atoms with Crippen molar-refractivity contribution in [3.05, 3.63) is 22.3 Å². The van der Waals surface area contributed by atoms with Gasteiger partial charge in [-0.25, -0.2) is 4.98 Å². The van der Waals surface area contributed by atoms with Crippen molar-refractivity contribution in [3.63, 3.8) is 0 Å². The highest BCUT2D eigenvalue weighted by Crippen LogP contribution is 2.30. The fraction of sp³-hybridized carbons (Fsp3) is 0.706. The first-order valence-electron chi connectivity index (χ1n) is 8.10. The molecule has 1 fully saturated rings. The predicted octanol–water partition coefficient (Wildman–Crippen LogP) is 4.21. The monoisotopic (exact) mass is 353 g/mol. The van der Waals surface area contributed by atoms with Gasteiger partial charge in [-0.1, -0.05) is 20.8 Å². The van der Waals surface area contributed by atoms with E-state index in [1.807, 2.05) is 6.20 Å². The molecule has 0 radical (unpaired) electrons. The van der Waals surface area contributed by atoms with Gasteiger partial charge in [0, 0.05) is 35.4 Å². The third kappa shape index (κ3) is 4.43. The number of piperidine rings is 1. The molecule has 0 saturated carbocycles. The Kier molecular flexibility index (Phi) is 6.06. The van der Waals surface area contributed by atoms with Crippen LogP contribution in [0.25, 0.3) is 0 Å². The van der Waals surface area contributed by atoms with Crippen LogP contribution < -0.4 is 10.2 Å². The lowest BCUT2D eigenvalue weighted by Crippen LogP contribution is -2.43. The van der Waals surface area contributed by atoms with Gasteiger partial charge in [-0.05, 0) is 60.1 Å². The fourth-order valence-corrected chi connectivity index (χ4v) is 3.37. The molecule has 1 saturated heterocycles. The van der Waals surface area contributed by atoms with Crippen LogP contribution in [0.4, 0.5) is 5.82 Å². The highest BCUT2D eigenvalue weighted by atomic mass is 79.9. The second kappa shape index (κ2) is 7.59. The van der Waals surface area contributed by atoms with E-state index in [4.69, 9.17) is 4.98 Å². The Morgan fingerprint density at radius 2 is 2.19 bits per heavy atom. The Hall–Kier alpha value is -0.610. The Morgan fingerprint density at radius 3 is 2.90 bits per heavy atom. The van der Waals surface area contributed by atoms with Gasteiger partial charge in [0.05, 0.1) is 0 Å². The molecule has 0 bridgehead atoms. The molecule has 1 aliphatic heterocycles. The number of nitrogens with zero attached hydrogens (tertiary/aromatic N) is 2. The number of hydrogen-bond donors (Lipinski definition) is 1. The van der Waals surface area contributed by atoms with E-state index in [1.165, 1.54) is 18.4 Å². The van der Waals surface area contributed by atoms with E-state index in [9.17, 15) is 0 Å². The summed E-state index contributed by atoms with van der Waals surface area (Å²) in [6.07, 6.45) is 4.52. The smallest absolute Gasteiger partial charge is 0.133 e. The minimum atomic E-state index is 0.566. The summed E-state index contributed by atoms with van der Waals surface area (Å²) in [5.74, 6) is 2.57. The van der Waals surface area contributed by atoms with Crippen LogP contribution in [-0.2, 0) is 6.54 Å². The standard InChI is InChI=1S/C17H28BrN3/c1-12(2)9-19-10-15-8-16(18)11-20-17(15)21-7-5-6-13(3)14(21)4/h8,11-14,19H,5-7,9-10H2,1-4H3. The summed E-state index contributed by atoms with van der Waals surface area (Å²) >= 11 is 3.56. The molecule has 2 rings (SSSR count). The van der Waals surface area contributed by atoms with Crippen molar-refractivity contribution >= 4 is 21.7 Å². The van der Waals surface area contributed by atoms with Crippen LogP contribution in [0.5, 0.6) is 0 Å². The van der Waals surface area contributed by atoms with Crippen molar-refractivity contribution in [2.75, 3.05) is 18.0 Å². The van der Waals surface area contributed by atoms with Crippen LogP contribution in [0.15, 0.2) is 16.7 Å². The van der Waals surface area contributed by atoms with Gasteiger partial charge in [0.2, 0.25) is 0 Å². The highest BCUT2D eigenvalue weighted by molar-refractivity contribution is 9.10. The number of pyridine rings is 1. The molecule has 0 aromatic carbocycles. The number of aromatic nitrogens is 1. The number of halogens is 1. The van der Waals surface area contributed by atoms with Gasteiger partial charge in [-0.2, -0.15) is 0 Å². The average molecular weight is 354 g/mol. The molecule has 1 N–H and O–H groups in total. The molecule has 4 heteroatoms. The predicted molar refractivity (Wildman–Crippen MR) is 93.7 cm³/mol. The first-order valence-corrected chi connectivity index (χ1v) is 8.90. The molecule has 1 aromatic rings. The van der Waals surface area contributed by atoms with E-state index in [1.54, 1.807) is 0 Å². The van der Waals surface area contributed by atoms with Crippen molar-refractivity contribution in [1.29, 1.82) is 0 Å². The molecular formula is C17H28BrN3. The van der Waals surface area contributed by atoms with E-state index in [-0.39, 0.29) is 0 Å². The number of nitrogens with one attached hydrogen (secondary N) is 1. The first kappa shape index (κ1) is 16.8. The summed E-state index contributed by atoms with van der Waals surface area (Å²) in [5, 5.41) is 3.55. The van der Waals surface area contributed by atoms with E-state index in [0.29, 0.717) is 12.0 Å². The maximum absolute atomic E-state index is 4.72. The Morgan fingerprint density at radius 1 is 1.43 bits per heavy atom. The van der Waals surface area contributed by atoms with Crippen molar-refractivity contribution in [1.82, 2.24) is 10.3 Å². The normalized spacial score (nSPS) is 22.9. The van der Waals surface area contributed by atoms with Gasteiger partial charge in [-0.15, -0.1) is 0 Å². The maximum atomic E-state index is 4.72. The zero-order valence-corrected chi connectivity index (χ0v) is 15.3. The third-order valence-electron chi connectivity index (χ3n) is 4.42. The quantitative estimate of drug-likeness (QED) is 0.858. The van der Waals surface area contributed by atoms with Crippen LogP contribution in [0.3, 0.4) is 0 Å². The van der Waals surface area contributed by atoms with Gasteiger partial charge in [0.1, 0.15) is 5.82 Å². The van der Waals surface area contributed by atoms with Crippen LogP contribution in [0, 0.1) is 11.8 Å². The number of hydrogen-bond acceptors (Lipinski definition) is 3. The molecule has 0 spiro atoms. The summed E-state index contributed by atoms with van der Waals surface area (Å²) in [5.41, 5.74) is 1.30. The lowest BCUT2D eigenvalue weighted by atomic mass is 9.92. The number of anilines is 1. The van der Waals surface area contributed by atoms with E-state index < -0.39 is 0 Å². The third-order valence-corrected chi connectivity index (χ3v) is 4.86. The van der Waals surface area contributed by atoms with Gasteiger partial charge >= 0.3 is 0 Å². The zero-order chi connectivity index (χ0) is 15.4. The molecule has 2 unspecified atom stereocenters. The second-order valence-electron chi connectivity index (χ2n) is 6.71. The molecule has 21 heavy (non-hydrogen) atoms. The molecule has 2 atom stereocenters. The van der Waals surface area contributed by atoms with Crippen LogP contribution in [0.1, 0.15) is 46.1 Å². The molecule has 2 heterocycles. The van der Waals surface area contributed by atoms with E-state index in [0.717, 1.165) is 35.8 Å². The van der Waals surface area contributed by atoms with E-state index in [2.05, 4.69) is 59.9 Å². The summed E-state index contributed by atoms with van der Waals surface area (Å²) in [7, 11) is 0. The Balaban J connectivity index is 2.17. The van der Waals surface area contributed by atoms with Gasteiger partial charge in [0.15, 0.2) is 0 Å². The summed E-state index contributed by atoms with van der Waals surface area (Å²) in [4.78, 5) is 7.22. The van der Waals surface area contributed by atoms with Crippen LogP contribution in [-0.4, -0.2) is 24.1 Å². The Bertz CT molecular complexity index is 461. The average Bonchev–Trinajstić information content (AvgIpc) is 2.42. The topological polar surface area (TPSA) is 28.2 Å². The molecule has 0 amide bonds. The summed E-state index contributed by atoms with van der Waals surface area (Å²) in [6.45, 7) is 12.2. The lowest BCUT2D eigenvalue weighted by molar-refractivity contribution is 0.360. The minimum absolute atomic E-state index is 0.566. The van der Waals surface area contributed by atoms with Crippen molar-refractivity contribution in [3.8, 4) is 0 Å². The van der Waals surface area contributed by atoms with Crippen molar-refractivity contribution in [2.24, 2.45) is 11.8 Å². The van der Waals surface area contributed by atoms with Crippen LogP contribution in [0.2, 0.25) is 0 Å². The highest BCUT2D eigenvalue weighted by Gasteiger charge is 2.27. The minimum Gasteiger partial charge on any atom is -0.353 e. The number of rotatable bonds is 5. The second-order valence-corrected chi connectivity index (χ2v) is 7.63. The Labute approximate surface area is 137 Å². The van der Waals surface area contributed by atoms with Crippen LogP contribution >= 0.6 is 15.9 Å². The zero-order valence-electron chi connectivity index (χ0n) is 13.7. The lowest BCUT2D eigenvalue weighted by Gasteiger charge is -2.39. The largest absolute Gasteiger partial charge is 0.353 e. The van der Waals surface area contributed by atoms with E-state index >= 15 is 0 Å². The summed E-state index contributed by atoms with van der Waals surface area (Å²) < 4.78 is 1.06. The molecule has 0 aliphatic carbocycles. The van der Waals surface area contributed by atoms with Gasteiger partial charge in [-0.3, -0.25) is 0 Å². The molecular weight excluding hydrogens is 326 g/mol. The fourth-order valence-electron chi connectivity index (χ4n) is 2.99. The van der Waals surface area contributed by atoms with Crippen molar-refractivity contribution in [2.45, 2.75) is 53.1 Å². The van der Waals surface area contributed by atoms with Crippen molar-refractivity contribution < 1.29 is 0 Å². The first-order chi connectivity index (χ1) is 9.99. The molecule has 1 aromatic heterocycles. The SMILES string of the molecule is CC(C)CNCc1cc(Br)cnc1N1CCCC(C)C1C. The molecule has 3 nitrogen and oxygen atoms in total. The molecule has 118 valence electrons. The maximum Gasteiger partial charge on any atom is 0.133 e. The van der Waals surface area contributed by atoms with Gasteiger partial charge in [0.25, 0.3) is 0 Å². The summed E-state index contributed by atoms with van der Waals surface area (Å²) in [6, 6.07) is 2.78. The van der Waals surface area contributed by atoms with Gasteiger partial charge < -0.3 is 10.2 Å².